The van der Waals surface area contributed by atoms with Crippen molar-refractivity contribution in [2.45, 2.75) is 13.0 Å². The van der Waals surface area contributed by atoms with Gasteiger partial charge in [-0.3, -0.25) is 9.88 Å². The molecular formula is C14H23N3O2S. The van der Waals surface area contributed by atoms with Crippen LogP contribution in [0.2, 0.25) is 0 Å². The van der Waals surface area contributed by atoms with E-state index in [0.29, 0.717) is 17.3 Å². The van der Waals surface area contributed by atoms with E-state index in [-0.39, 0.29) is 0 Å². The lowest BCUT2D eigenvalue weighted by Crippen LogP contribution is -2.30. The molecule has 1 aromatic rings. The second-order valence-electron chi connectivity index (χ2n) is 4.49. The third kappa shape index (κ3) is 5.92. The van der Waals surface area contributed by atoms with Gasteiger partial charge in [-0.2, -0.15) is 0 Å². The summed E-state index contributed by atoms with van der Waals surface area (Å²) in [5.41, 5.74) is 7.47. The molecule has 0 bridgehead atoms. The monoisotopic (exact) mass is 297 g/mol. The molecule has 6 heteroatoms. The summed E-state index contributed by atoms with van der Waals surface area (Å²) < 4.78 is 10.3. The van der Waals surface area contributed by atoms with Crippen molar-refractivity contribution in [3.8, 4) is 0 Å². The van der Waals surface area contributed by atoms with Gasteiger partial charge in [0.15, 0.2) is 0 Å². The van der Waals surface area contributed by atoms with Gasteiger partial charge < -0.3 is 15.2 Å². The van der Waals surface area contributed by atoms with Gasteiger partial charge in [0.25, 0.3) is 0 Å². The fourth-order valence-corrected chi connectivity index (χ4v) is 2.14. The molecule has 0 aliphatic rings. The number of methoxy groups -OCH3 is 2. The lowest BCUT2D eigenvalue weighted by molar-refractivity contribution is 0.129. The smallest absolute Gasteiger partial charge is 0.123 e. The lowest BCUT2D eigenvalue weighted by atomic mass is 10.1. The highest BCUT2D eigenvalue weighted by atomic mass is 32.1. The van der Waals surface area contributed by atoms with E-state index in [9.17, 15) is 0 Å². The number of nitrogens with two attached hydrogens (primary N) is 1. The van der Waals surface area contributed by atoms with Crippen LogP contribution in [0.4, 0.5) is 0 Å². The SMILES string of the molecule is COCCCN(CCOC)Cc1cccnc1C(N)=S. The van der Waals surface area contributed by atoms with E-state index in [4.69, 9.17) is 27.4 Å². The summed E-state index contributed by atoms with van der Waals surface area (Å²) in [7, 11) is 3.42. The van der Waals surface area contributed by atoms with Crippen LogP contribution in [0, 0.1) is 0 Å². The van der Waals surface area contributed by atoms with Gasteiger partial charge in [-0.15, -0.1) is 0 Å². The summed E-state index contributed by atoms with van der Waals surface area (Å²) in [6.45, 7) is 3.98. The van der Waals surface area contributed by atoms with Gasteiger partial charge in [0.05, 0.1) is 6.61 Å². The molecule has 1 rings (SSSR count). The van der Waals surface area contributed by atoms with Crippen LogP contribution in [-0.4, -0.2) is 55.4 Å². The van der Waals surface area contributed by atoms with Crippen LogP contribution in [0.1, 0.15) is 17.7 Å². The largest absolute Gasteiger partial charge is 0.388 e. The van der Waals surface area contributed by atoms with Gasteiger partial charge in [0, 0.05) is 46.7 Å². The van der Waals surface area contributed by atoms with E-state index in [2.05, 4.69) is 9.88 Å². The number of pyridine rings is 1. The van der Waals surface area contributed by atoms with Crippen molar-refractivity contribution in [2.75, 3.05) is 40.5 Å². The maximum absolute atomic E-state index is 5.72. The van der Waals surface area contributed by atoms with Crippen LogP contribution in [0.25, 0.3) is 0 Å². The second kappa shape index (κ2) is 9.77. The number of hydrogen-bond acceptors (Lipinski definition) is 5. The van der Waals surface area contributed by atoms with E-state index in [1.165, 1.54) is 0 Å². The molecule has 0 unspecified atom stereocenters. The zero-order valence-electron chi connectivity index (χ0n) is 12.2. The Labute approximate surface area is 126 Å². The van der Waals surface area contributed by atoms with Crippen molar-refractivity contribution < 1.29 is 9.47 Å². The average Bonchev–Trinajstić information content (AvgIpc) is 2.45. The van der Waals surface area contributed by atoms with Crippen LogP contribution in [0.3, 0.4) is 0 Å². The third-order valence-corrected chi connectivity index (χ3v) is 3.15. The molecule has 20 heavy (non-hydrogen) atoms. The van der Waals surface area contributed by atoms with Crippen molar-refractivity contribution in [3.63, 3.8) is 0 Å². The molecule has 5 nitrogen and oxygen atoms in total. The number of aromatic nitrogens is 1. The summed E-state index contributed by atoms with van der Waals surface area (Å²) in [5, 5.41) is 0. The van der Waals surface area contributed by atoms with Gasteiger partial charge >= 0.3 is 0 Å². The Kier molecular flexibility index (Phi) is 8.29. The molecule has 1 aromatic heterocycles. The van der Waals surface area contributed by atoms with E-state index in [0.717, 1.165) is 38.2 Å². The molecule has 0 fully saturated rings. The Hall–Kier alpha value is -1.08. The molecular weight excluding hydrogens is 274 g/mol. The Morgan fingerprint density at radius 3 is 2.70 bits per heavy atom. The first kappa shape index (κ1) is 17.0. The van der Waals surface area contributed by atoms with Crippen LogP contribution < -0.4 is 5.73 Å². The van der Waals surface area contributed by atoms with Crippen molar-refractivity contribution in [2.24, 2.45) is 5.73 Å². The molecule has 0 amide bonds. The Morgan fingerprint density at radius 2 is 2.05 bits per heavy atom. The van der Waals surface area contributed by atoms with Crippen LogP contribution in [0.5, 0.6) is 0 Å². The molecule has 0 spiro atoms. The molecule has 0 radical (unpaired) electrons. The summed E-state index contributed by atoms with van der Waals surface area (Å²) >= 11 is 5.05. The third-order valence-electron chi connectivity index (χ3n) is 2.95. The van der Waals surface area contributed by atoms with Crippen molar-refractivity contribution >= 4 is 17.2 Å². The second-order valence-corrected chi connectivity index (χ2v) is 4.93. The quantitative estimate of drug-likeness (QED) is 0.517. The molecule has 0 saturated heterocycles. The van der Waals surface area contributed by atoms with Gasteiger partial charge in [0.2, 0.25) is 0 Å². The maximum Gasteiger partial charge on any atom is 0.123 e. The first-order valence-electron chi connectivity index (χ1n) is 6.63. The normalized spacial score (nSPS) is 10.9. The minimum absolute atomic E-state index is 0.337. The fourth-order valence-electron chi connectivity index (χ4n) is 1.95. The van der Waals surface area contributed by atoms with E-state index >= 15 is 0 Å². The highest BCUT2D eigenvalue weighted by Gasteiger charge is 2.11. The number of thiocarbonyl (C=S) groups is 1. The molecule has 0 aliphatic heterocycles. The zero-order chi connectivity index (χ0) is 14.8. The Morgan fingerprint density at radius 1 is 1.30 bits per heavy atom. The summed E-state index contributed by atoms with van der Waals surface area (Å²) in [5.74, 6) is 0. The molecule has 1 heterocycles. The number of nitrogens with zero attached hydrogens (tertiary/aromatic N) is 2. The predicted molar refractivity (Wildman–Crippen MR) is 83.8 cm³/mol. The van der Waals surface area contributed by atoms with Gasteiger partial charge in [-0.05, 0) is 18.1 Å². The number of rotatable bonds is 10. The van der Waals surface area contributed by atoms with Gasteiger partial charge in [0.1, 0.15) is 10.7 Å². The maximum atomic E-state index is 5.72. The minimum atomic E-state index is 0.337. The molecule has 0 saturated carbocycles. The lowest BCUT2D eigenvalue weighted by Gasteiger charge is -2.22. The molecule has 2 N–H and O–H groups in total. The van der Waals surface area contributed by atoms with Crippen molar-refractivity contribution in [3.05, 3.63) is 29.6 Å². The Bertz CT molecular complexity index is 415. The number of hydrogen-bond donors (Lipinski definition) is 1. The number of ether oxygens (including phenoxy) is 2. The van der Waals surface area contributed by atoms with Crippen LogP contribution in [-0.2, 0) is 16.0 Å². The summed E-state index contributed by atoms with van der Waals surface area (Å²) in [6.07, 6.45) is 2.69. The van der Waals surface area contributed by atoms with Crippen molar-refractivity contribution in [1.29, 1.82) is 0 Å². The van der Waals surface area contributed by atoms with Gasteiger partial charge in [-0.1, -0.05) is 18.3 Å². The Balaban J connectivity index is 2.69. The summed E-state index contributed by atoms with van der Waals surface area (Å²) in [4.78, 5) is 6.89. The molecule has 0 aliphatic carbocycles. The van der Waals surface area contributed by atoms with Crippen molar-refractivity contribution in [1.82, 2.24) is 9.88 Å². The van der Waals surface area contributed by atoms with E-state index in [1.807, 2.05) is 12.1 Å². The summed E-state index contributed by atoms with van der Waals surface area (Å²) in [6, 6.07) is 3.92. The average molecular weight is 297 g/mol. The highest BCUT2D eigenvalue weighted by Crippen LogP contribution is 2.10. The zero-order valence-corrected chi connectivity index (χ0v) is 13.0. The standard InChI is InChI=1S/C14H23N3O2S/c1-18-9-4-7-17(8-10-19-2)11-12-5-3-6-16-13(12)14(15)20/h3,5-6H,4,7-11H2,1-2H3,(H2,15,20). The topological polar surface area (TPSA) is 60.6 Å². The van der Waals surface area contributed by atoms with E-state index < -0.39 is 0 Å². The first-order chi connectivity index (χ1) is 9.69. The minimum Gasteiger partial charge on any atom is -0.388 e. The highest BCUT2D eigenvalue weighted by molar-refractivity contribution is 7.80. The van der Waals surface area contributed by atoms with Gasteiger partial charge in [-0.25, -0.2) is 0 Å². The predicted octanol–water partition coefficient (Wildman–Crippen LogP) is 1.20. The molecule has 112 valence electrons. The molecule has 0 atom stereocenters. The molecule has 0 aromatic carbocycles. The van der Waals surface area contributed by atoms with Crippen LogP contribution in [0.15, 0.2) is 18.3 Å². The first-order valence-corrected chi connectivity index (χ1v) is 7.03. The fraction of sp³-hybridized carbons (Fsp3) is 0.571. The van der Waals surface area contributed by atoms with E-state index in [1.54, 1.807) is 20.4 Å². The van der Waals surface area contributed by atoms with Crippen LogP contribution >= 0.6 is 12.2 Å².